The lowest BCUT2D eigenvalue weighted by Gasteiger charge is -2.20. The fourth-order valence-electron chi connectivity index (χ4n) is 1.56. The van der Waals surface area contributed by atoms with Crippen molar-refractivity contribution in [3.05, 3.63) is 24.3 Å². The Balaban J connectivity index is 2.13. The molecule has 0 spiro atoms. The van der Waals surface area contributed by atoms with Gasteiger partial charge in [0.05, 0.1) is 0 Å². The van der Waals surface area contributed by atoms with Gasteiger partial charge in [-0.25, -0.2) is 4.79 Å². The molecule has 1 atom stereocenters. The van der Waals surface area contributed by atoms with Crippen molar-refractivity contribution >= 4 is 17.8 Å². The van der Waals surface area contributed by atoms with E-state index in [0.29, 0.717) is 9.63 Å². The molecule has 1 aliphatic rings. The van der Waals surface area contributed by atoms with E-state index in [1.54, 1.807) is 0 Å². The van der Waals surface area contributed by atoms with Crippen molar-refractivity contribution in [1.29, 1.82) is 0 Å². The van der Waals surface area contributed by atoms with E-state index in [4.69, 9.17) is 4.84 Å². The van der Waals surface area contributed by atoms with E-state index in [1.807, 2.05) is 0 Å². The van der Waals surface area contributed by atoms with E-state index in [9.17, 15) is 24.6 Å². The molecule has 0 bridgehead atoms. The fourth-order valence-corrected chi connectivity index (χ4v) is 1.56. The van der Waals surface area contributed by atoms with Crippen molar-refractivity contribution in [2.24, 2.45) is 0 Å². The van der Waals surface area contributed by atoms with Gasteiger partial charge in [-0.1, -0.05) is 0 Å². The highest BCUT2D eigenvalue weighted by atomic mass is 16.7. The minimum absolute atomic E-state index is 0.483. The van der Waals surface area contributed by atoms with E-state index in [2.05, 4.69) is 0 Å². The lowest BCUT2D eigenvalue weighted by molar-refractivity contribution is -0.157. The van der Waals surface area contributed by atoms with Crippen LogP contribution in [0.1, 0.15) is 6.92 Å². The molecule has 2 N–H and O–H groups in total. The number of aromatic hydroxyl groups is 2. The summed E-state index contributed by atoms with van der Waals surface area (Å²) < 4.78 is 0.483. The third kappa shape index (κ3) is 2.15. The van der Waals surface area contributed by atoms with Crippen LogP contribution in [0.3, 0.4) is 0 Å². The first kappa shape index (κ1) is 12.7. The van der Waals surface area contributed by atoms with Crippen molar-refractivity contribution < 1.29 is 29.4 Å². The summed E-state index contributed by atoms with van der Waals surface area (Å²) in [5, 5.41) is 18.6. The maximum Gasteiger partial charge on any atom is 0.355 e. The first-order valence-electron chi connectivity index (χ1n) is 5.29. The molecule has 1 aromatic heterocycles. The Morgan fingerprint density at radius 1 is 1.16 bits per heavy atom. The van der Waals surface area contributed by atoms with Gasteiger partial charge in [-0.2, -0.15) is 0 Å². The van der Waals surface area contributed by atoms with E-state index in [0.717, 1.165) is 24.3 Å². The maximum atomic E-state index is 11.8. The zero-order chi connectivity index (χ0) is 14.2. The number of hydrogen-bond donors (Lipinski definition) is 2. The highest BCUT2D eigenvalue weighted by Gasteiger charge is 2.34. The number of carbonyl (C=O) groups is 3. The van der Waals surface area contributed by atoms with E-state index in [-0.39, 0.29) is 0 Å². The van der Waals surface area contributed by atoms with Crippen molar-refractivity contribution in [2.45, 2.75) is 13.0 Å². The van der Waals surface area contributed by atoms with Crippen molar-refractivity contribution in [1.82, 2.24) is 9.63 Å². The number of aromatic nitrogens is 1. The number of hydrogen-bond acceptors (Lipinski definition) is 6. The van der Waals surface area contributed by atoms with Crippen LogP contribution in [0.15, 0.2) is 24.3 Å². The van der Waals surface area contributed by atoms with Gasteiger partial charge in [0.15, 0.2) is 0 Å². The summed E-state index contributed by atoms with van der Waals surface area (Å²) in [5.74, 6) is -3.22. The second-order valence-electron chi connectivity index (χ2n) is 3.81. The number of rotatable bonds is 3. The van der Waals surface area contributed by atoms with Crippen LogP contribution in [0.5, 0.6) is 11.8 Å². The lowest BCUT2D eigenvalue weighted by atomic mass is 10.3. The second-order valence-corrected chi connectivity index (χ2v) is 3.81. The third-order valence-electron chi connectivity index (χ3n) is 2.55. The Kier molecular flexibility index (Phi) is 2.99. The minimum atomic E-state index is -1.18. The molecule has 1 aromatic rings. The van der Waals surface area contributed by atoms with Crippen molar-refractivity contribution in [3.63, 3.8) is 0 Å². The van der Waals surface area contributed by atoms with E-state index in [1.165, 1.54) is 6.92 Å². The predicted molar refractivity (Wildman–Crippen MR) is 59.8 cm³/mol. The van der Waals surface area contributed by atoms with Crippen LogP contribution in [-0.2, 0) is 14.4 Å². The average molecular weight is 266 g/mol. The second kappa shape index (κ2) is 4.48. The Labute approximate surface area is 107 Å². The van der Waals surface area contributed by atoms with Gasteiger partial charge < -0.3 is 15.1 Å². The molecule has 0 fully saturated rings. The summed E-state index contributed by atoms with van der Waals surface area (Å²) in [4.78, 5) is 39.9. The first-order valence-corrected chi connectivity index (χ1v) is 5.29. The molecule has 0 saturated heterocycles. The van der Waals surface area contributed by atoms with Crippen molar-refractivity contribution in [2.75, 3.05) is 0 Å². The van der Waals surface area contributed by atoms with Crippen LogP contribution in [-0.4, -0.2) is 43.7 Å². The molecule has 0 saturated carbocycles. The molecular weight excluding hydrogens is 256 g/mol. The topological polar surface area (TPSA) is 109 Å². The fraction of sp³-hybridized carbons (Fsp3) is 0.182. The van der Waals surface area contributed by atoms with Gasteiger partial charge >= 0.3 is 5.97 Å². The van der Waals surface area contributed by atoms with Gasteiger partial charge in [0.1, 0.15) is 6.04 Å². The van der Waals surface area contributed by atoms with Gasteiger partial charge in [-0.15, -0.1) is 4.73 Å². The Morgan fingerprint density at radius 2 is 1.63 bits per heavy atom. The monoisotopic (exact) mass is 266 g/mol. The van der Waals surface area contributed by atoms with Crippen LogP contribution in [0, 0.1) is 0 Å². The van der Waals surface area contributed by atoms with Gasteiger partial charge in [0, 0.05) is 24.3 Å². The molecule has 0 unspecified atom stereocenters. The largest absolute Gasteiger partial charge is 0.492 e. The zero-order valence-corrected chi connectivity index (χ0v) is 9.81. The molecule has 19 heavy (non-hydrogen) atoms. The first-order chi connectivity index (χ1) is 8.91. The Morgan fingerprint density at radius 3 is 2.11 bits per heavy atom. The number of amides is 2. The van der Waals surface area contributed by atoms with E-state index >= 15 is 0 Å². The van der Waals surface area contributed by atoms with Crippen LogP contribution in [0.4, 0.5) is 0 Å². The molecule has 100 valence electrons. The molecule has 0 aromatic carbocycles. The van der Waals surface area contributed by atoms with Gasteiger partial charge in [-0.3, -0.25) is 14.5 Å². The number of carbonyl (C=O) groups excluding carboxylic acids is 3. The van der Waals surface area contributed by atoms with Crippen molar-refractivity contribution in [3.8, 4) is 11.8 Å². The molecule has 1 aliphatic heterocycles. The molecule has 2 heterocycles. The lowest BCUT2D eigenvalue weighted by Crippen LogP contribution is -2.46. The SMILES string of the molecule is C[C@@H](C(=O)On1c(O)ccc1O)N1C(=O)C=CC1=O. The summed E-state index contributed by atoms with van der Waals surface area (Å²) >= 11 is 0. The summed E-state index contributed by atoms with van der Waals surface area (Å²) in [6, 6.07) is 1.04. The standard InChI is InChI=1S/C11H10N2O6/c1-6(12-7(14)2-3-8(12)15)11(18)19-13-9(16)4-5-10(13)17/h2-6,16-17H,1H3/t6-/m0/s1. The molecular formula is C11H10N2O6. The van der Waals surface area contributed by atoms with Crippen LogP contribution in [0.2, 0.25) is 0 Å². The summed E-state index contributed by atoms with van der Waals surface area (Å²) in [6.45, 7) is 1.29. The molecule has 8 heteroatoms. The smallest absolute Gasteiger partial charge is 0.355 e. The quantitative estimate of drug-likeness (QED) is 0.691. The predicted octanol–water partition coefficient (Wildman–Crippen LogP) is -0.832. The molecule has 2 amide bonds. The highest BCUT2D eigenvalue weighted by molar-refractivity contribution is 6.14. The molecule has 0 aliphatic carbocycles. The summed E-state index contributed by atoms with van der Waals surface area (Å²) in [6.07, 6.45) is 2.08. The highest BCUT2D eigenvalue weighted by Crippen LogP contribution is 2.19. The van der Waals surface area contributed by atoms with E-state index < -0.39 is 35.6 Å². The number of imide groups is 1. The Bertz CT molecular complexity index is 551. The van der Waals surface area contributed by atoms with Gasteiger partial charge in [-0.05, 0) is 6.92 Å². The molecule has 0 radical (unpaired) electrons. The molecule has 2 rings (SSSR count). The van der Waals surface area contributed by atoms with Gasteiger partial charge in [0.2, 0.25) is 11.8 Å². The zero-order valence-electron chi connectivity index (χ0n) is 9.81. The third-order valence-corrected chi connectivity index (χ3v) is 2.55. The summed E-state index contributed by atoms with van der Waals surface area (Å²) in [5.41, 5.74) is 0. The summed E-state index contributed by atoms with van der Waals surface area (Å²) in [7, 11) is 0. The van der Waals surface area contributed by atoms with Crippen LogP contribution in [0.25, 0.3) is 0 Å². The minimum Gasteiger partial charge on any atom is -0.492 e. The molecule has 8 nitrogen and oxygen atoms in total. The average Bonchev–Trinajstić information content (AvgIpc) is 2.85. The van der Waals surface area contributed by atoms with Crippen LogP contribution < -0.4 is 4.84 Å². The number of nitrogens with zero attached hydrogens (tertiary/aromatic N) is 2. The maximum absolute atomic E-state index is 11.8. The van der Waals surface area contributed by atoms with Gasteiger partial charge in [0.25, 0.3) is 11.8 Å². The Hall–Kier alpha value is -2.77. The normalized spacial score (nSPS) is 15.9. The van der Waals surface area contributed by atoms with Crippen LogP contribution >= 0.6 is 0 Å².